The second kappa shape index (κ2) is 10.3. The summed E-state index contributed by atoms with van der Waals surface area (Å²) < 4.78 is 10.8. The molecule has 2 N–H and O–H groups in total. The Morgan fingerprint density at radius 3 is 2.59 bits per heavy atom. The SMILES string of the molecule is CCC(Oc1cccc(C)c1)C(=O)Nc1ccccc1C(=O)NCCOC. The molecule has 1 atom stereocenters. The number of rotatable bonds is 9. The number of hydrogen-bond acceptors (Lipinski definition) is 4. The summed E-state index contributed by atoms with van der Waals surface area (Å²) in [5.41, 5.74) is 1.90. The Bertz CT molecular complexity index is 776. The van der Waals surface area contributed by atoms with Gasteiger partial charge in [-0.1, -0.05) is 31.2 Å². The van der Waals surface area contributed by atoms with Gasteiger partial charge in [-0.25, -0.2) is 0 Å². The Morgan fingerprint density at radius 2 is 1.89 bits per heavy atom. The van der Waals surface area contributed by atoms with Crippen molar-refractivity contribution in [3.63, 3.8) is 0 Å². The Balaban J connectivity index is 2.08. The molecule has 144 valence electrons. The van der Waals surface area contributed by atoms with E-state index in [2.05, 4.69) is 10.6 Å². The maximum absolute atomic E-state index is 12.7. The first-order valence-electron chi connectivity index (χ1n) is 8.95. The summed E-state index contributed by atoms with van der Waals surface area (Å²) in [7, 11) is 1.57. The number of amides is 2. The molecule has 6 nitrogen and oxygen atoms in total. The minimum absolute atomic E-state index is 0.268. The van der Waals surface area contributed by atoms with Crippen molar-refractivity contribution < 1.29 is 19.1 Å². The monoisotopic (exact) mass is 370 g/mol. The number of para-hydroxylation sites is 1. The van der Waals surface area contributed by atoms with Crippen LogP contribution < -0.4 is 15.4 Å². The predicted molar refractivity (Wildman–Crippen MR) is 105 cm³/mol. The highest BCUT2D eigenvalue weighted by molar-refractivity contribution is 6.04. The third-order valence-corrected chi connectivity index (χ3v) is 3.95. The molecule has 6 heteroatoms. The lowest BCUT2D eigenvalue weighted by atomic mass is 10.1. The van der Waals surface area contributed by atoms with Gasteiger partial charge in [-0.15, -0.1) is 0 Å². The molecule has 0 aliphatic rings. The molecule has 27 heavy (non-hydrogen) atoms. The average Bonchev–Trinajstić information content (AvgIpc) is 2.66. The molecule has 0 radical (unpaired) electrons. The van der Waals surface area contributed by atoms with Crippen LogP contribution in [0.1, 0.15) is 29.3 Å². The lowest BCUT2D eigenvalue weighted by Crippen LogP contribution is -2.34. The summed E-state index contributed by atoms with van der Waals surface area (Å²) in [6.45, 7) is 4.66. The fourth-order valence-corrected chi connectivity index (χ4v) is 2.54. The van der Waals surface area contributed by atoms with E-state index in [0.717, 1.165) is 5.56 Å². The Hall–Kier alpha value is -2.86. The van der Waals surface area contributed by atoms with E-state index in [1.54, 1.807) is 31.4 Å². The number of aryl methyl sites for hydroxylation is 1. The van der Waals surface area contributed by atoms with Crippen LogP contribution >= 0.6 is 0 Å². The standard InChI is InChI=1S/C21H26N2O4/c1-4-19(27-16-9-7-8-15(2)14-16)21(25)23-18-11-6-5-10-17(18)20(24)22-12-13-26-3/h5-11,14,19H,4,12-13H2,1-3H3,(H,22,24)(H,23,25). The largest absolute Gasteiger partial charge is 0.481 e. The van der Waals surface area contributed by atoms with Crippen molar-refractivity contribution in [2.75, 3.05) is 25.6 Å². The van der Waals surface area contributed by atoms with Crippen LogP contribution in [0.25, 0.3) is 0 Å². The number of ether oxygens (including phenoxy) is 2. The number of carbonyl (C=O) groups is 2. The van der Waals surface area contributed by atoms with Gasteiger partial charge < -0.3 is 20.1 Å². The molecule has 0 saturated heterocycles. The minimum Gasteiger partial charge on any atom is -0.481 e. The van der Waals surface area contributed by atoms with E-state index in [1.165, 1.54) is 0 Å². The Morgan fingerprint density at radius 1 is 1.11 bits per heavy atom. The summed E-state index contributed by atoms with van der Waals surface area (Å²) >= 11 is 0. The lowest BCUT2D eigenvalue weighted by Gasteiger charge is -2.18. The molecule has 0 aromatic heterocycles. The zero-order valence-electron chi connectivity index (χ0n) is 16.0. The van der Waals surface area contributed by atoms with E-state index in [1.807, 2.05) is 38.1 Å². The van der Waals surface area contributed by atoms with Gasteiger partial charge in [-0.05, 0) is 43.2 Å². The molecule has 0 spiro atoms. The van der Waals surface area contributed by atoms with E-state index < -0.39 is 6.10 Å². The van der Waals surface area contributed by atoms with Crippen molar-refractivity contribution in [2.45, 2.75) is 26.4 Å². The van der Waals surface area contributed by atoms with Gasteiger partial charge in [0.25, 0.3) is 11.8 Å². The van der Waals surface area contributed by atoms with Crippen molar-refractivity contribution in [3.05, 3.63) is 59.7 Å². The smallest absolute Gasteiger partial charge is 0.265 e. The van der Waals surface area contributed by atoms with Crippen LogP contribution in [-0.4, -0.2) is 38.2 Å². The molecule has 2 amide bonds. The minimum atomic E-state index is -0.656. The first kappa shape index (κ1) is 20.5. The van der Waals surface area contributed by atoms with Gasteiger partial charge in [0.15, 0.2) is 6.10 Å². The van der Waals surface area contributed by atoms with Crippen molar-refractivity contribution in [1.82, 2.24) is 5.32 Å². The van der Waals surface area contributed by atoms with Crippen LogP contribution in [0.15, 0.2) is 48.5 Å². The summed E-state index contributed by atoms with van der Waals surface area (Å²) in [6, 6.07) is 14.4. The van der Waals surface area contributed by atoms with Gasteiger partial charge in [-0.2, -0.15) is 0 Å². The summed E-state index contributed by atoms with van der Waals surface area (Å²) in [5, 5.41) is 5.57. The Kier molecular flexibility index (Phi) is 7.82. The molecule has 0 aliphatic heterocycles. The molecule has 0 fully saturated rings. The highest BCUT2D eigenvalue weighted by Crippen LogP contribution is 2.19. The Labute approximate surface area is 159 Å². The van der Waals surface area contributed by atoms with Gasteiger partial charge in [0.1, 0.15) is 5.75 Å². The number of nitrogens with one attached hydrogen (secondary N) is 2. The second-order valence-electron chi connectivity index (χ2n) is 6.11. The molecule has 2 aromatic carbocycles. The van der Waals surface area contributed by atoms with E-state index in [4.69, 9.17) is 9.47 Å². The summed E-state index contributed by atoms with van der Waals surface area (Å²) in [6.07, 6.45) is -0.154. The van der Waals surface area contributed by atoms with Crippen LogP contribution in [0.5, 0.6) is 5.75 Å². The van der Waals surface area contributed by atoms with Crippen LogP contribution in [0, 0.1) is 6.92 Å². The van der Waals surface area contributed by atoms with Gasteiger partial charge >= 0.3 is 0 Å². The predicted octanol–water partition coefficient (Wildman–Crippen LogP) is 3.17. The first-order chi connectivity index (χ1) is 13.0. The maximum Gasteiger partial charge on any atom is 0.265 e. The van der Waals surface area contributed by atoms with Gasteiger partial charge in [0.05, 0.1) is 17.9 Å². The van der Waals surface area contributed by atoms with Gasteiger partial charge in [0.2, 0.25) is 0 Å². The third-order valence-electron chi connectivity index (χ3n) is 3.95. The topological polar surface area (TPSA) is 76.7 Å². The average molecular weight is 370 g/mol. The maximum atomic E-state index is 12.7. The van der Waals surface area contributed by atoms with Gasteiger partial charge in [-0.3, -0.25) is 9.59 Å². The molecule has 0 bridgehead atoms. The number of benzene rings is 2. The first-order valence-corrected chi connectivity index (χ1v) is 8.95. The number of methoxy groups -OCH3 is 1. The van der Waals surface area contributed by atoms with Crippen LogP contribution in [0.4, 0.5) is 5.69 Å². The molecule has 1 unspecified atom stereocenters. The van der Waals surface area contributed by atoms with Crippen LogP contribution in [-0.2, 0) is 9.53 Å². The molecule has 0 heterocycles. The summed E-state index contributed by atoms with van der Waals surface area (Å²) in [5.74, 6) is 0.0781. The number of hydrogen-bond donors (Lipinski definition) is 2. The van der Waals surface area contributed by atoms with Crippen molar-refractivity contribution in [1.29, 1.82) is 0 Å². The van der Waals surface area contributed by atoms with Crippen molar-refractivity contribution in [3.8, 4) is 5.75 Å². The van der Waals surface area contributed by atoms with E-state index in [0.29, 0.717) is 36.6 Å². The molecular formula is C21H26N2O4. The molecule has 0 saturated carbocycles. The van der Waals surface area contributed by atoms with Gasteiger partial charge in [0, 0.05) is 13.7 Å². The number of anilines is 1. The zero-order valence-corrected chi connectivity index (χ0v) is 16.0. The van der Waals surface area contributed by atoms with Crippen LogP contribution in [0.3, 0.4) is 0 Å². The highest BCUT2D eigenvalue weighted by atomic mass is 16.5. The molecule has 2 rings (SSSR count). The molecular weight excluding hydrogens is 344 g/mol. The van der Waals surface area contributed by atoms with E-state index >= 15 is 0 Å². The van der Waals surface area contributed by atoms with E-state index in [-0.39, 0.29) is 11.8 Å². The normalized spacial score (nSPS) is 11.5. The fraction of sp³-hybridized carbons (Fsp3) is 0.333. The van der Waals surface area contributed by atoms with E-state index in [9.17, 15) is 9.59 Å². The van der Waals surface area contributed by atoms with Crippen molar-refractivity contribution >= 4 is 17.5 Å². The zero-order chi connectivity index (χ0) is 19.6. The highest BCUT2D eigenvalue weighted by Gasteiger charge is 2.21. The second-order valence-corrected chi connectivity index (χ2v) is 6.11. The fourth-order valence-electron chi connectivity index (χ4n) is 2.54. The summed E-state index contributed by atoms with van der Waals surface area (Å²) in [4.78, 5) is 25.0. The quantitative estimate of drug-likeness (QED) is 0.665. The number of carbonyl (C=O) groups excluding carboxylic acids is 2. The third kappa shape index (κ3) is 6.11. The molecule has 2 aromatic rings. The van der Waals surface area contributed by atoms with Crippen LogP contribution in [0.2, 0.25) is 0 Å². The lowest BCUT2D eigenvalue weighted by molar-refractivity contribution is -0.122. The van der Waals surface area contributed by atoms with Crippen molar-refractivity contribution in [2.24, 2.45) is 0 Å². The molecule has 0 aliphatic carbocycles.